The van der Waals surface area contributed by atoms with E-state index in [-0.39, 0.29) is 6.03 Å². The molecule has 1 aromatic carbocycles. The van der Waals surface area contributed by atoms with Crippen molar-refractivity contribution >= 4 is 11.7 Å². The van der Waals surface area contributed by atoms with E-state index in [0.717, 1.165) is 29.7 Å². The van der Waals surface area contributed by atoms with Gasteiger partial charge in [-0.25, -0.2) is 4.79 Å². The van der Waals surface area contributed by atoms with Gasteiger partial charge in [0.1, 0.15) is 0 Å². The largest absolute Gasteiger partial charge is 0.388 e. The number of hydrogen-bond acceptors (Lipinski definition) is 2. The van der Waals surface area contributed by atoms with Gasteiger partial charge in [-0.3, -0.25) is 0 Å². The molecular weight excluding hydrogens is 240 g/mol. The summed E-state index contributed by atoms with van der Waals surface area (Å²) < 4.78 is 0. The Morgan fingerprint density at radius 2 is 2.21 bits per heavy atom. The number of urea groups is 1. The zero-order valence-electron chi connectivity index (χ0n) is 11.8. The lowest BCUT2D eigenvalue weighted by atomic mass is 9.94. The summed E-state index contributed by atoms with van der Waals surface area (Å²) in [5.74, 6) is 0.508. The lowest BCUT2D eigenvalue weighted by Gasteiger charge is -2.27. The Bertz CT molecular complexity index is 473. The zero-order valence-corrected chi connectivity index (χ0v) is 11.8. The molecule has 104 valence electrons. The maximum Gasteiger partial charge on any atom is 0.321 e. The Labute approximate surface area is 114 Å². The highest BCUT2D eigenvalue weighted by atomic mass is 16.3. The average molecular weight is 262 g/mol. The van der Waals surface area contributed by atoms with Gasteiger partial charge in [0.05, 0.1) is 6.10 Å². The number of aliphatic hydroxyl groups is 1. The predicted octanol–water partition coefficient (Wildman–Crippen LogP) is 3.13. The third kappa shape index (κ3) is 3.07. The minimum Gasteiger partial charge on any atom is -0.388 e. The Hall–Kier alpha value is -1.55. The molecule has 0 fully saturated rings. The number of rotatable bonds is 4. The number of nitrogens with one attached hydrogen (secondary N) is 1. The lowest BCUT2D eigenvalue weighted by molar-refractivity contribution is 0.146. The SMILES string of the molecule is CCC(C)CC(O)c1ccc2c(c1)CN(C)C(=O)N2. The molecule has 19 heavy (non-hydrogen) atoms. The van der Waals surface area contributed by atoms with Crippen LogP contribution in [0.25, 0.3) is 0 Å². The molecule has 0 aliphatic carbocycles. The van der Waals surface area contributed by atoms with Crippen LogP contribution in [0.1, 0.15) is 43.9 Å². The fourth-order valence-electron chi connectivity index (χ4n) is 2.30. The summed E-state index contributed by atoms with van der Waals surface area (Å²) in [5.41, 5.74) is 2.84. The first-order valence-electron chi connectivity index (χ1n) is 6.84. The van der Waals surface area contributed by atoms with Crippen molar-refractivity contribution in [3.05, 3.63) is 29.3 Å². The Morgan fingerprint density at radius 3 is 2.89 bits per heavy atom. The molecule has 1 aliphatic rings. The molecule has 1 aliphatic heterocycles. The van der Waals surface area contributed by atoms with Gasteiger partial charge < -0.3 is 15.3 Å². The molecule has 1 aromatic rings. The number of carbonyl (C=O) groups is 1. The molecule has 0 radical (unpaired) electrons. The van der Waals surface area contributed by atoms with Crippen LogP contribution in [-0.2, 0) is 6.54 Å². The molecule has 0 bridgehead atoms. The van der Waals surface area contributed by atoms with Crippen molar-refractivity contribution in [2.24, 2.45) is 5.92 Å². The summed E-state index contributed by atoms with van der Waals surface area (Å²) >= 11 is 0. The Morgan fingerprint density at radius 1 is 1.47 bits per heavy atom. The number of fused-ring (bicyclic) bond motifs is 1. The normalized spacial score (nSPS) is 17.7. The number of benzene rings is 1. The van der Waals surface area contributed by atoms with Crippen LogP contribution in [0, 0.1) is 5.92 Å². The first kappa shape index (κ1) is 13.9. The van der Waals surface area contributed by atoms with E-state index in [4.69, 9.17) is 0 Å². The number of carbonyl (C=O) groups excluding carboxylic acids is 1. The first-order chi connectivity index (χ1) is 9.01. The molecule has 0 spiro atoms. The molecule has 1 heterocycles. The molecule has 2 atom stereocenters. The number of aliphatic hydroxyl groups excluding tert-OH is 1. The van der Waals surface area contributed by atoms with Gasteiger partial charge in [-0.15, -0.1) is 0 Å². The zero-order chi connectivity index (χ0) is 14.0. The summed E-state index contributed by atoms with van der Waals surface area (Å²) in [7, 11) is 1.76. The van der Waals surface area contributed by atoms with E-state index in [9.17, 15) is 9.90 Å². The van der Waals surface area contributed by atoms with E-state index < -0.39 is 6.10 Å². The average Bonchev–Trinajstić information content (AvgIpc) is 2.39. The van der Waals surface area contributed by atoms with Gasteiger partial charge in [-0.1, -0.05) is 26.3 Å². The fourth-order valence-corrected chi connectivity index (χ4v) is 2.30. The second kappa shape index (κ2) is 5.61. The highest BCUT2D eigenvalue weighted by Gasteiger charge is 2.20. The molecule has 4 heteroatoms. The van der Waals surface area contributed by atoms with Gasteiger partial charge in [-0.2, -0.15) is 0 Å². The molecule has 0 aromatic heterocycles. The highest BCUT2D eigenvalue weighted by Crippen LogP contribution is 2.29. The Kier molecular flexibility index (Phi) is 4.10. The predicted molar refractivity (Wildman–Crippen MR) is 76.0 cm³/mol. The van der Waals surface area contributed by atoms with Crippen molar-refractivity contribution in [2.45, 2.75) is 39.3 Å². The minimum absolute atomic E-state index is 0.0830. The van der Waals surface area contributed by atoms with Crippen molar-refractivity contribution in [1.29, 1.82) is 0 Å². The topological polar surface area (TPSA) is 52.6 Å². The summed E-state index contributed by atoms with van der Waals surface area (Å²) in [4.78, 5) is 13.2. The van der Waals surface area contributed by atoms with Crippen LogP contribution in [0.3, 0.4) is 0 Å². The van der Waals surface area contributed by atoms with Gasteiger partial charge in [0.2, 0.25) is 0 Å². The maximum atomic E-state index is 11.5. The number of nitrogens with zero attached hydrogens (tertiary/aromatic N) is 1. The first-order valence-corrected chi connectivity index (χ1v) is 6.84. The van der Waals surface area contributed by atoms with E-state index >= 15 is 0 Å². The van der Waals surface area contributed by atoms with Crippen LogP contribution < -0.4 is 5.32 Å². The van der Waals surface area contributed by atoms with Crippen molar-refractivity contribution in [3.63, 3.8) is 0 Å². The molecule has 2 amide bonds. The van der Waals surface area contributed by atoms with E-state index in [0.29, 0.717) is 12.5 Å². The maximum absolute atomic E-state index is 11.5. The second-order valence-corrected chi connectivity index (χ2v) is 5.47. The molecule has 4 nitrogen and oxygen atoms in total. The van der Waals surface area contributed by atoms with Gasteiger partial charge in [-0.05, 0) is 35.6 Å². The van der Waals surface area contributed by atoms with Gasteiger partial charge in [0.15, 0.2) is 0 Å². The molecule has 2 N–H and O–H groups in total. The van der Waals surface area contributed by atoms with Gasteiger partial charge >= 0.3 is 6.03 Å². The summed E-state index contributed by atoms with van der Waals surface area (Å²) in [6.07, 6.45) is 1.42. The monoisotopic (exact) mass is 262 g/mol. The molecule has 0 saturated carbocycles. The number of anilines is 1. The van der Waals surface area contributed by atoms with Gasteiger partial charge in [0, 0.05) is 19.3 Å². The lowest BCUT2D eigenvalue weighted by Crippen LogP contribution is -2.35. The van der Waals surface area contributed by atoms with Crippen molar-refractivity contribution in [3.8, 4) is 0 Å². The van der Waals surface area contributed by atoms with Crippen LogP contribution in [0.2, 0.25) is 0 Å². The van der Waals surface area contributed by atoms with Gasteiger partial charge in [0.25, 0.3) is 0 Å². The molecule has 0 saturated heterocycles. The van der Waals surface area contributed by atoms with Crippen LogP contribution in [-0.4, -0.2) is 23.1 Å². The minimum atomic E-state index is -0.428. The Balaban J connectivity index is 2.17. The third-order valence-electron chi connectivity index (χ3n) is 3.83. The highest BCUT2D eigenvalue weighted by molar-refractivity contribution is 5.92. The van der Waals surface area contributed by atoms with Crippen LogP contribution in [0.15, 0.2) is 18.2 Å². The van der Waals surface area contributed by atoms with Crippen molar-refractivity contribution in [1.82, 2.24) is 4.90 Å². The molecular formula is C15H22N2O2. The quantitative estimate of drug-likeness (QED) is 0.876. The van der Waals surface area contributed by atoms with E-state index in [1.54, 1.807) is 11.9 Å². The molecule has 2 unspecified atom stereocenters. The van der Waals surface area contributed by atoms with Crippen LogP contribution in [0.4, 0.5) is 10.5 Å². The van der Waals surface area contributed by atoms with Crippen LogP contribution in [0.5, 0.6) is 0 Å². The standard InChI is InChI=1S/C15H22N2O2/c1-4-10(2)7-14(18)11-5-6-13-12(8-11)9-17(3)15(19)16-13/h5-6,8,10,14,18H,4,7,9H2,1-3H3,(H,16,19). The van der Waals surface area contributed by atoms with E-state index in [1.807, 2.05) is 18.2 Å². The number of amides is 2. The third-order valence-corrected chi connectivity index (χ3v) is 3.83. The van der Waals surface area contributed by atoms with Crippen molar-refractivity contribution < 1.29 is 9.90 Å². The molecule has 2 rings (SSSR count). The van der Waals surface area contributed by atoms with E-state index in [1.165, 1.54) is 0 Å². The summed E-state index contributed by atoms with van der Waals surface area (Å²) in [6.45, 7) is 4.87. The summed E-state index contributed by atoms with van der Waals surface area (Å²) in [6, 6.07) is 5.70. The van der Waals surface area contributed by atoms with Crippen molar-refractivity contribution in [2.75, 3.05) is 12.4 Å². The van der Waals surface area contributed by atoms with Crippen LogP contribution >= 0.6 is 0 Å². The fraction of sp³-hybridized carbons (Fsp3) is 0.533. The summed E-state index contributed by atoms with van der Waals surface area (Å²) in [5, 5.41) is 13.1. The number of hydrogen-bond donors (Lipinski definition) is 2. The van der Waals surface area contributed by atoms with E-state index in [2.05, 4.69) is 19.2 Å². The smallest absolute Gasteiger partial charge is 0.321 e. The second-order valence-electron chi connectivity index (χ2n) is 5.47.